The van der Waals surface area contributed by atoms with E-state index in [-0.39, 0.29) is 6.61 Å². The first-order chi connectivity index (χ1) is 7.61. The molecule has 0 aromatic carbocycles. The quantitative estimate of drug-likeness (QED) is 0.836. The molecule has 16 heavy (non-hydrogen) atoms. The largest absolute Gasteiger partial charge is 0.394 e. The van der Waals surface area contributed by atoms with Crippen molar-refractivity contribution in [2.75, 3.05) is 6.61 Å². The summed E-state index contributed by atoms with van der Waals surface area (Å²) < 4.78 is 3.62. The van der Waals surface area contributed by atoms with Crippen LogP contribution in [-0.4, -0.2) is 31.3 Å². The summed E-state index contributed by atoms with van der Waals surface area (Å²) in [5.74, 6) is 0. The Bertz CT molecular complexity index is 479. The monoisotopic (exact) mass is 220 g/mol. The van der Waals surface area contributed by atoms with Gasteiger partial charge in [-0.15, -0.1) is 0 Å². The van der Waals surface area contributed by atoms with Crippen LogP contribution in [0, 0.1) is 13.8 Å². The van der Waals surface area contributed by atoms with Gasteiger partial charge in [0.1, 0.15) is 5.69 Å². The molecule has 86 valence electrons. The first-order valence-electron chi connectivity index (χ1n) is 5.28. The predicted octanol–water partition coefficient (Wildman–Crippen LogP) is 0.893. The number of aromatic nitrogens is 4. The minimum absolute atomic E-state index is 0.0833. The topological polar surface area (TPSA) is 55.9 Å². The Morgan fingerprint density at radius 2 is 2.00 bits per heavy atom. The van der Waals surface area contributed by atoms with Crippen molar-refractivity contribution in [1.29, 1.82) is 0 Å². The van der Waals surface area contributed by atoms with Crippen molar-refractivity contribution in [1.82, 2.24) is 19.6 Å². The van der Waals surface area contributed by atoms with Gasteiger partial charge in [0.15, 0.2) is 0 Å². The van der Waals surface area contributed by atoms with E-state index in [9.17, 15) is 0 Å². The van der Waals surface area contributed by atoms with Crippen LogP contribution in [0.3, 0.4) is 0 Å². The highest BCUT2D eigenvalue weighted by Gasteiger charge is 2.11. The van der Waals surface area contributed by atoms with Gasteiger partial charge in [-0.2, -0.15) is 10.2 Å². The van der Waals surface area contributed by atoms with Crippen LogP contribution in [0.5, 0.6) is 0 Å². The van der Waals surface area contributed by atoms with Crippen LogP contribution in [0.1, 0.15) is 11.4 Å². The van der Waals surface area contributed by atoms with Gasteiger partial charge in [0.05, 0.1) is 24.5 Å². The van der Waals surface area contributed by atoms with Crippen molar-refractivity contribution >= 4 is 0 Å². The van der Waals surface area contributed by atoms with E-state index in [4.69, 9.17) is 5.11 Å². The molecule has 0 amide bonds. The van der Waals surface area contributed by atoms with Crippen LogP contribution < -0.4 is 0 Å². The lowest BCUT2D eigenvalue weighted by atomic mass is 10.2. The molecule has 2 rings (SSSR count). The van der Waals surface area contributed by atoms with Crippen molar-refractivity contribution in [3.8, 4) is 11.4 Å². The van der Waals surface area contributed by atoms with Gasteiger partial charge in [0.2, 0.25) is 0 Å². The van der Waals surface area contributed by atoms with Gasteiger partial charge in [-0.3, -0.25) is 9.36 Å². The van der Waals surface area contributed by atoms with E-state index in [1.165, 1.54) is 0 Å². The minimum atomic E-state index is 0.0833. The molecule has 0 aliphatic rings. The second-order valence-electron chi connectivity index (χ2n) is 3.91. The zero-order chi connectivity index (χ0) is 11.7. The molecule has 0 saturated heterocycles. The lowest BCUT2D eigenvalue weighted by molar-refractivity contribution is 0.270. The smallest absolute Gasteiger partial charge is 0.111 e. The fraction of sp³-hybridized carbons (Fsp3) is 0.455. The number of rotatable bonds is 3. The molecule has 0 bridgehead atoms. The average Bonchev–Trinajstić information content (AvgIpc) is 2.73. The van der Waals surface area contributed by atoms with Crippen molar-refractivity contribution < 1.29 is 5.11 Å². The van der Waals surface area contributed by atoms with E-state index in [0.29, 0.717) is 6.54 Å². The van der Waals surface area contributed by atoms with Gasteiger partial charge in [0.25, 0.3) is 0 Å². The van der Waals surface area contributed by atoms with E-state index in [1.54, 1.807) is 4.68 Å². The lowest BCUT2D eigenvalue weighted by Gasteiger charge is -2.02. The van der Waals surface area contributed by atoms with Crippen LogP contribution >= 0.6 is 0 Å². The number of aliphatic hydroxyl groups is 1. The molecule has 2 aromatic heterocycles. The third kappa shape index (κ3) is 1.86. The second-order valence-corrected chi connectivity index (χ2v) is 3.91. The van der Waals surface area contributed by atoms with E-state index in [1.807, 2.05) is 37.7 Å². The Balaban J connectivity index is 2.46. The highest BCUT2D eigenvalue weighted by molar-refractivity contribution is 5.55. The van der Waals surface area contributed by atoms with E-state index >= 15 is 0 Å². The van der Waals surface area contributed by atoms with Crippen LogP contribution in [0.25, 0.3) is 11.4 Å². The number of aliphatic hydroxyl groups excluding tert-OH is 1. The van der Waals surface area contributed by atoms with Crippen LogP contribution in [-0.2, 0) is 13.6 Å². The molecule has 0 fully saturated rings. The first-order valence-corrected chi connectivity index (χ1v) is 5.28. The van der Waals surface area contributed by atoms with Crippen molar-refractivity contribution in [3.05, 3.63) is 23.5 Å². The molecule has 0 atom stereocenters. The number of hydrogen-bond acceptors (Lipinski definition) is 3. The Morgan fingerprint density at radius 3 is 2.56 bits per heavy atom. The summed E-state index contributed by atoms with van der Waals surface area (Å²) in [5.41, 5.74) is 3.89. The maximum Gasteiger partial charge on any atom is 0.111 e. The van der Waals surface area contributed by atoms with Gasteiger partial charge >= 0.3 is 0 Å². The number of nitrogens with zero attached hydrogens (tertiary/aromatic N) is 4. The summed E-state index contributed by atoms with van der Waals surface area (Å²) >= 11 is 0. The molecular weight excluding hydrogens is 204 g/mol. The molecule has 2 heterocycles. The lowest BCUT2D eigenvalue weighted by Crippen LogP contribution is -2.06. The molecule has 5 heteroatoms. The van der Waals surface area contributed by atoms with Gasteiger partial charge in [0, 0.05) is 12.7 Å². The van der Waals surface area contributed by atoms with Crippen LogP contribution in [0.4, 0.5) is 0 Å². The van der Waals surface area contributed by atoms with E-state index in [0.717, 1.165) is 22.8 Å². The third-order valence-corrected chi connectivity index (χ3v) is 2.59. The fourth-order valence-corrected chi connectivity index (χ4v) is 1.70. The maximum absolute atomic E-state index is 8.97. The predicted molar refractivity (Wildman–Crippen MR) is 61.0 cm³/mol. The van der Waals surface area contributed by atoms with Gasteiger partial charge in [-0.1, -0.05) is 0 Å². The summed E-state index contributed by atoms with van der Waals surface area (Å²) in [6.07, 6.45) is 0. The van der Waals surface area contributed by atoms with Crippen LogP contribution in [0.2, 0.25) is 0 Å². The Morgan fingerprint density at radius 1 is 1.25 bits per heavy atom. The third-order valence-electron chi connectivity index (χ3n) is 2.59. The molecule has 0 radical (unpaired) electrons. The number of aryl methyl sites for hydroxylation is 3. The molecule has 2 aromatic rings. The molecule has 0 spiro atoms. The van der Waals surface area contributed by atoms with Crippen molar-refractivity contribution in [2.45, 2.75) is 20.4 Å². The summed E-state index contributed by atoms with van der Waals surface area (Å²) in [6, 6.07) is 4.00. The molecule has 0 aliphatic heterocycles. The minimum Gasteiger partial charge on any atom is -0.394 e. The molecule has 0 aliphatic carbocycles. The Hall–Kier alpha value is -1.62. The fourth-order valence-electron chi connectivity index (χ4n) is 1.70. The SMILES string of the molecule is Cc1cc(-c2cc(C)n(C)n2)n(CCO)n1. The molecule has 1 N–H and O–H groups in total. The van der Waals surface area contributed by atoms with Crippen molar-refractivity contribution in [2.24, 2.45) is 7.05 Å². The van der Waals surface area contributed by atoms with E-state index in [2.05, 4.69) is 10.2 Å². The highest BCUT2D eigenvalue weighted by Crippen LogP contribution is 2.19. The second kappa shape index (κ2) is 4.09. The molecule has 5 nitrogen and oxygen atoms in total. The normalized spacial score (nSPS) is 11.0. The van der Waals surface area contributed by atoms with Crippen LogP contribution in [0.15, 0.2) is 12.1 Å². The summed E-state index contributed by atoms with van der Waals surface area (Å²) in [6.45, 7) is 4.53. The summed E-state index contributed by atoms with van der Waals surface area (Å²) in [4.78, 5) is 0. The Labute approximate surface area is 94.3 Å². The zero-order valence-corrected chi connectivity index (χ0v) is 9.80. The Kier molecular flexibility index (Phi) is 2.78. The molecular formula is C11H16N4O. The van der Waals surface area contributed by atoms with Crippen molar-refractivity contribution in [3.63, 3.8) is 0 Å². The molecule has 0 saturated carbocycles. The maximum atomic E-state index is 8.97. The first kappa shape index (κ1) is 10.9. The standard InChI is InChI=1S/C11H16N4O/c1-8-6-11(15(12-8)4-5-16)10-7-9(2)14(3)13-10/h6-7,16H,4-5H2,1-3H3. The number of hydrogen-bond donors (Lipinski definition) is 1. The zero-order valence-electron chi connectivity index (χ0n) is 9.80. The summed E-state index contributed by atoms with van der Waals surface area (Å²) in [7, 11) is 1.92. The summed E-state index contributed by atoms with van der Waals surface area (Å²) in [5, 5.41) is 17.7. The van der Waals surface area contributed by atoms with Gasteiger partial charge in [-0.25, -0.2) is 0 Å². The highest BCUT2D eigenvalue weighted by atomic mass is 16.3. The van der Waals surface area contributed by atoms with Gasteiger partial charge < -0.3 is 5.11 Å². The van der Waals surface area contributed by atoms with E-state index < -0.39 is 0 Å². The molecule has 0 unspecified atom stereocenters. The van der Waals surface area contributed by atoms with Gasteiger partial charge in [-0.05, 0) is 26.0 Å². The average molecular weight is 220 g/mol.